The van der Waals surface area contributed by atoms with Crippen LogP contribution in [0.4, 0.5) is 0 Å². The lowest BCUT2D eigenvalue weighted by molar-refractivity contribution is -0.595. The second-order valence-electron chi connectivity index (χ2n) is 1.91. The summed E-state index contributed by atoms with van der Waals surface area (Å²) in [5.74, 6) is 1.04. The monoisotopic (exact) mass is 125 g/mol. The van der Waals surface area contributed by atoms with Crippen molar-refractivity contribution in [1.82, 2.24) is 0 Å². The van der Waals surface area contributed by atoms with Crippen molar-refractivity contribution in [3.63, 3.8) is 0 Å². The molecule has 0 aliphatic carbocycles. The highest BCUT2D eigenvalue weighted by Crippen LogP contribution is 1.97. The zero-order chi connectivity index (χ0) is 6.53. The van der Waals surface area contributed by atoms with E-state index in [0.717, 1.165) is 18.7 Å². The number of nitrogens with two attached hydrogens (primary N) is 1. The molecule has 9 heavy (non-hydrogen) atoms. The minimum absolute atomic E-state index is 0.969. The fourth-order valence-electron chi connectivity index (χ4n) is 0.699. The lowest BCUT2D eigenvalue weighted by Gasteiger charge is -1.95. The minimum atomic E-state index is 0.969. The third kappa shape index (κ3) is 1.90. The van der Waals surface area contributed by atoms with Gasteiger partial charge in [-0.25, -0.2) is 0 Å². The van der Waals surface area contributed by atoms with E-state index in [4.69, 9.17) is 4.42 Å². The van der Waals surface area contributed by atoms with Gasteiger partial charge in [0.15, 0.2) is 0 Å². The summed E-state index contributed by atoms with van der Waals surface area (Å²) in [7, 11) is 3.62. The van der Waals surface area contributed by atoms with Crippen molar-refractivity contribution >= 4 is 0 Å². The van der Waals surface area contributed by atoms with Crippen LogP contribution in [0.15, 0.2) is 22.8 Å². The Balaban J connectivity index is 2.30. The molecule has 0 saturated heterocycles. The van der Waals surface area contributed by atoms with E-state index in [1.165, 1.54) is 0 Å². The first-order valence-corrected chi connectivity index (χ1v) is 3.07. The molecule has 1 aromatic rings. The fourth-order valence-corrected chi connectivity index (χ4v) is 0.699. The first kappa shape index (κ1) is 6.36. The third-order valence-electron chi connectivity index (χ3n) is 1.17. The Morgan fingerprint density at radius 3 is 3.11 bits per heavy atom. The van der Waals surface area contributed by atoms with E-state index in [9.17, 15) is 0 Å². The van der Waals surface area contributed by atoms with Crippen LogP contribution in [0.25, 0.3) is 0 Å². The number of furan rings is 1. The molecular formula is C7H11NO. The van der Waals surface area contributed by atoms with Crippen molar-refractivity contribution in [2.75, 3.05) is 6.54 Å². The van der Waals surface area contributed by atoms with Crippen molar-refractivity contribution in [2.24, 2.45) is 0 Å². The van der Waals surface area contributed by atoms with Gasteiger partial charge in [-0.15, -0.1) is 0 Å². The topological polar surface area (TPSA) is 29.8 Å². The SMILES string of the molecule is [CH2-][NH2+]CCc1ccco1. The maximum absolute atomic E-state index is 5.09. The van der Waals surface area contributed by atoms with E-state index in [1.54, 1.807) is 6.26 Å². The van der Waals surface area contributed by atoms with Crippen LogP contribution in [-0.2, 0) is 6.42 Å². The summed E-state index contributed by atoms with van der Waals surface area (Å²) in [6.07, 6.45) is 2.66. The van der Waals surface area contributed by atoms with Gasteiger partial charge < -0.3 is 9.73 Å². The van der Waals surface area contributed by atoms with Crippen molar-refractivity contribution in [3.05, 3.63) is 31.2 Å². The highest BCUT2D eigenvalue weighted by molar-refractivity contribution is 4.97. The Morgan fingerprint density at radius 1 is 1.67 bits per heavy atom. The quantitative estimate of drug-likeness (QED) is 0.574. The van der Waals surface area contributed by atoms with Crippen LogP contribution in [0.2, 0.25) is 0 Å². The Bertz CT molecular complexity index is 146. The van der Waals surface area contributed by atoms with Crippen LogP contribution < -0.4 is 5.32 Å². The smallest absolute Gasteiger partial charge is 0.109 e. The second-order valence-corrected chi connectivity index (χ2v) is 1.91. The van der Waals surface area contributed by atoms with Crippen LogP contribution in [0.5, 0.6) is 0 Å². The summed E-state index contributed by atoms with van der Waals surface area (Å²) >= 11 is 0. The molecule has 50 valence electrons. The lowest BCUT2D eigenvalue weighted by Crippen LogP contribution is -2.77. The maximum atomic E-state index is 5.09. The zero-order valence-electron chi connectivity index (χ0n) is 5.34. The molecule has 0 bridgehead atoms. The molecular weight excluding hydrogens is 114 g/mol. The molecule has 0 aliphatic rings. The van der Waals surface area contributed by atoms with E-state index < -0.39 is 0 Å². The second kappa shape index (κ2) is 3.30. The van der Waals surface area contributed by atoms with Gasteiger partial charge in [0, 0.05) is 0 Å². The summed E-state index contributed by atoms with van der Waals surface area (Å²) in [6.45, 7) is 0.994. The molecule has 0 aliphatic heterocycles. The summed E-state index contributed by atoms with van der Waals surface area (Å²) in [4.78, 5) is 0. The zero-order valence-corrected chi connectivity index (χ0v) is 5.34. The molecule has 2 nitrogen and oxygen atoms in total. The van der Waals surface area contributed by atoms with Gasteiger partial charge in [0.25, 0.3) is 0 Å². The maximum Gasteiger partial charge on any atom is 0.109 e. The Hall–Kier alpha value is -0.760. The molecule has 0 aromatic carbocycles. The van der Waals surface area contributed by atoms with Crippen LogP contribution in [-0.4, -0.2) is 6.54 Å². The van der Waals surface area contributed by atoms with Crippen LogP contribution in [0.3, 0.4) is 0 Å². The summed E-state index contributed by atoms with van der Waals surface area (Å²) in [5.41, 5.74) is 0. The molecule has 1 rings (SSSR count). The van der Waals surface area contributed by atoms with E-state index in [0.29, 0.717) is 0 Å². The molecule has 0 amide bonds. The molecule has 0 saturated carbocycles. The van der Waals surface area contributed by atoms with E-state index in [-0.39, 0.29) is 0 Å². The van der Waals surface area contributed by atoms with E-state index in [2.05, 4.69) is 7.05 Å². The lowest BCUT2D eigenvalue weighted by atomic mass is 10.3. The number of hydrogen-bond donors (Lipinski definition) is 1. The number of quaternary nitrogens is 1. The Morgan fingerprint density at radius 2 is 2.56 bits per heavy atom. The summed E-state index contributed by atoms with van der Waals surface area (Å²) < 4.78 is 5.09. The first-order chi connectivity index (χ1) is 4.43. The van der Waals surface area contributed by atoms with Crippen LogP contribution in [0.1, 0.15) is 5.76 Å². The highest BCUT2D eigenvalue weighted by Gasteiger charge is 1.91. The van der Waals surface area contributed by atoms with Crippen molar-refractivity contribution in [2.45, 2.75) is 6.42 Å². The van der Waals surface area contributed by atoms with Crippen molar-refractivity contribution in [1.29, 1.82) is 0 Å². The van der Waals surface area contributed by atoms with Crippen LogP contribution >= 0.6 is 0 Å². The molecule has 0 radical (unpaired) electrons. The minimum Gasteiger partial charge on any atom is -0.478 e. The Labute approximate surface area is 54.9 Å². The van der Waals surface area contributed by atoms with Gasteiger partial charge in [-0.1, -0.05) is 0 Å². The molecule has 0 fully saturated rings. The van der Waals surface area contributed by atoms with Gasteiger partial charge in [-0.05, 0) is 12.1 Å². The van der Waals surface area contributed by atoms with Gasteiger partial charge in [-0.2, -0.15) is 7.05 Å². The van der Waals surface area contributed by atoms with Crippen LogP contribution in [0, 0.1) is 7.05 Å². The van der Waals surface area contributed by atoms with Gasteiger partial charge in [0.1, 0.15) is 5.76 Å². The Kier molecular flexibility index (Phi) is 2.33. The van der Waals surface area contributed by atoms with Crippen molar-refractivity contribution < 1.29 is 9.73 Å². The molecule has 1 aromatic heterocycles. The molecule has 0 atom stereocenters. The van der Waals surface area contributed by atoms with Gasteiger partial charge in [-0.3, -0.25) is 0 Å². The van der Waals surface area contributed by atoms with Crippen molar-refractivity contribution in [3.8, 4) is 0 Å². The first-order valence-electron chi connectivity index (χ1n) is 3.07. The van der Waals surface area contributed by atoms with Gasteiger partial charge in [0.05, 0.1) is 19.2 Å². The predicted molar refractivity (Wildman–Crippen MR) is 34.6 cm³/mol. The summed E-state index contributed by atoms with van der Waals surface area (Å²) in [6, 6.07) is 3.88. The molecule has 2 N–H and O–H groups in total. The van der Waals surface area contributed by atoms with E-state index in [1.807, 2.05) is 17.4 Å². The molecule has 0 spiro atoms. The summed E-state index contributed by atoms with van der Waals surface area (Å²) in [5, 5.41) is 1.89. The highest BCUT2D eigenvalue weighted by atomic mass is 16.3. The largest absolute Gasteiger partial charge is 0.478 e. The average Bonchev–Trinajstić information content (AvgIpc) is 2.34. The van der Waals surface area contributed by atoms with Gasteiger partial charge >= 0.3 is 0 Å². The number of hydrogen-bond acceptors (Lipinski definition) is 1. The van der Waals surface area contributed by atoms with E-state index >= 15 is 0 Å². The third-order valence-corrected chi connectivity index (χ3v) is 1.17. The molecule has 0 unspecified atom stereocenters. The number of rotatable bonds is 3. The molecule has 1 heterocycles. The fraction of sp³-hybridized carbons (Fsp3) is 0.286. The average molecular weight is 125 g/mol. The molecule has 2 heteroatoms. The standard InChI is InChI=1S/C7H11NO/c1-8-5-4-7-3-2-6-9-7/h2-3,6H,1,4-5,8H2. The van der Waals surface area contributed by atoms with Gasteiger partial charge in [0.2, 0.25) is 0 Å². The normalized spacial score (nSPS) is 9.89. The predicted octanol–water partition coefficient (Wildman–Crippen LogP) is 0.177.